The van der Waals surface area contributed by atoms with Crippen molar-refractivity contribution in [1.29, 1.82) is 0 Å². The van der Waals surface area contributed by atoms with Crippen LogP contribution in [0, 0.1) is 5.92 Å². The summed E-state index contributed by atoms with van der Waals surface area (Å²) in [5.74, 6) is 0.562. The summed E-state index contributed by atoms with van der Waals surface area (Å²) in [6.07, 6.45) is 20.3. The number of unbranched alkanes of at least 4 members (excludes halogenated alkanes) is 1. The third kappa shape index (κ3) is 16.2. The molecule has 0 spiro atoms. The van der Waals surface area contributed by atoms with Gasteiger partial charge in [0.05, 0.1) is 0 Å². The molecule has 1 rings (SSSR count). The summed E-state index contributed by atoms with van der Waals surface area (Å²) in [5, 5.41) is 6.09. The van der Waals surface area contributed by atoms with Gasteiger partial charge in [0.25, 0.3) is 0 Å². The summed E-state index contributed by atoms with van der Waals surface area (Å²) < 4.78 is 0. The van der Waals surface area contributed by atoms with E-state index < -0.39 is 0 Å². The molecular formula is C29H48N2O. The second-order valence-electron chi connectivity index (χ2n) is 7.48. The number of amides is 1. The molecule has 1 amide bonds. The molecule has 2 N–H and O–H groups in total. The maximum Gasteiger partial charge on any atom is 0.223 e. The Morgan fingerprint density at radius 2 is 1.72 bits per heavy atom. The fraction of sp³-hybridized carbons (Fsp3) is 0.483. The molecule has 0 aromatic rings. The van der Waals surface area contributed by atoms with Crippen LogP contribution in [0.25, 0.3) is 0 Å². The lowest BCUT2D eigenvalue weighted by atomic mass is 9.85. The summed E-state index contributed by atoms with van der Waals surface area (Å²) in [6, 6.07) is 0. The maximum absolute atomic E-state index is 11.6. The van der Waals surface area contributed by atoms with Crippen molar-refractivity contribution < 1.29 is 4.79 Å². The van der Waals surface area contributed by atoms with Crippen LogP contribution in [-0.2, 0) is 4.79 Å². The van der Waals surface area contributed by atoms with Gasteiger partial charge in [-0.25, -0.2) is 0 Å². The average molecular weight is 441 g/mol. The molecule has 0 radical (unpaired) electrons. The maximum atomic E-state index is 11.6. The van der Waals surface area contributed by atoms with Crippen molar-refractivity contribution in [3.8, 4) is 0 Å². The molecule has 0 saturated heterocycles. The average Bonchev–Trinajstić information content (AvgIpc) is 2.74. The summed E-state index contributed by atoms with van der Waals surface area (Å²) in [4.78, 5) is 11.6. The van der Waals surface area contributed by atoms with E-state index in [1.807, 2.05) is 65.8 Å². The highest BCUT2D eigenvalue weighted by molar-refractivity contribution is 5.79. The molecule has 1 saturated carbocycles. The van der Waals surface area contributed by atoms with Crippen LogP contribution < -0.4 is 10.6 Å². The van der Waals surface area contributed by atoms with E-state index in [1.165, 1.54) is 17.6 Å². The Kier molecular flexibility index (Phi) is 21.4. The largest absolute Gasteiger partial charge is 0.360 e. The molecule has 1 fully saturated rings. The van der Waals surface area contributed by atoms with Crippen LogP contribution >= 0.6 is 0 Å². The van der Waals surface area contributed by atoms with E-state index in [4.69, 9.17) is 0 Å². The zero-order valence-electron chi connectivity index (χ0n) is 21.6. The predicted octanol–water partition coefficient (Wildman–Crippen LogP) is 7.93. The molecule has 0 unspecified atom stereocenters. The topological polar surface area (TPSA) is 41.1 Å². The van der Waals surface area contributed by atoms with E-state index in [1.54, 1.807) is 6.08 Å². The normalized spacial score (nSPS) is 13.9. The molecule has 0 bridgehead atoms. The van der Waals surface area contributed by atoms with Crippen LogP contribution in [-0.4, -0.2) is 12.5 Å². The summed E-state index contributed by atoms with van der Waals surface area (Å²) in [6.45, 7) is 24.3. The van der Waals surface area contributed by atoms with Crippen molar-refractivity contribution in [3.63, 3.8) is 0 Å². The van der Waals surface area contributed by atoms with Crippen LogP contribution in [0.3, 0.4) is 0 Å². The Balaban J connectivity index is 0. The van der Waals surface area contributed by atoms with E-state index in [0.717, 1.165) is 50.0 Å². The van der Waals surface area contributed by atoms with Gasteiger partial charge in [-0.1, -0.05) is 70.4 Å². The van der Waals surface area contributed by atoms with E-state index in [2.05, 4.69) is 42.5 Å². The van der Waals surface area contributed by atoms with Crippen molar-refractivity contribution in [2.45, 2.75) is 80.1 Å². The molecule has 1 aliphatic carbocycles. The Bertz CT molecular complexity index is 673. The number of nitrogens with one attached hydrogen (secondary N) is 2. The van der Waals surface area contributed by atoms with Gasteiger partial charge in [-0.3, -0.25) is 4.79 Å². The molecule has 0 aliphatic heterocycles. The lowest BCUT2D eigenvalue weighted by Gasteiger charge is -2.24. The second-order valence-corrected chi connectivity index (χ2v) is 7.48. The van der Waals surface area contributed by atoms with Gasteiger partial charge in [-0.2, -0.15) is 0 Å². The van der Waals surface area contributed by atoms with E-state index in [0.29, 0.717) is 5.92 Å². The molecule has 0 aromatic carbocycles. The van der Waals surface area contributed by atoms with E-state index in [-0.39, 0.29) is 5.91 Å². The van der Waals surface area contributed by atoms with Gasteiger partial charge in [0, 0.05) is 23.9 Å². The van der Waals surface area contributed by atoms with Crippen molar-refractivity contribution in [1.82, 2.24) is 10.6 Å². The van der Waals surface area contributed by atoms with Crippen molar-refractivity contribution in [2.24, 2.45) is 5.92 Å². The van der Waals surface area contributed by atoms with Crippen LogP contribution in [0.4, 0.5) is 0 Å². The number of hydrogen-bond acceptors (Lipinski definition) is 2. The van der Waals surface area contributed by atoms with E-state index in [9.17, 15) is 4.79 Å². The van der Waals surface area contributed by atoms with Gasteiger partial charge in [-0.15, -0.1) is 0 Å². The van der Waals surface area contributed by atoms with Gasteiger partial charge in [0.15, 0.2) is 0 Å². The zero-order valence-corrected chi connectivity index (χ0v) is 21.6. The monoisotopic (exact) mass is 440 g/mol. The van der Waals surface area contributed by atoms with Crippen molar-refractivity contribution in [3.05, 3.63) is 84.8 Å². The molecule has 3 heteroatoms. The fourth-order valence-corrected chi connectivity index (χ4v) is 2.84. The number of carbonyl (C=O) groups is 1. The summed E-state index contributed by atoms with van der Waals surface area (Å²) >= 11 is 0. The minimum Gasteiger partial charge on any atom is -0.360 e. The lowest BCUT2D eigenvalue weighted by Crippen LogP contribution is -2.34. The van der Waals surface area contributed by atoms with Crippen molar-refractivity contribution in [2.75, 3.05) is 6.54 Å². The van der Waals surface area contributed by atoms with Gasteiger partial charge >= 0.3 is 0 Å². The highest BCUT2D eigenvalue weighted by Gasteiger charge is 2.24. The molecule has 180 valence electrons. The quantitative estimate of drug-likeness (QED) is 0.239. The summed E-state index contributed by atoms with van der Waals surface area (Å²) in [5.41, 5.74) is 4.29. The van der Waals surface area contributed by atoms with Crippen LogP contribution in [0.1, 0.15) is 80.1 Å². The Morgan fingerprint density at radius 3 is 2.16 bits per heavy atom. The number of rotatable bonds is 12. The molecule has 32 heavy (non-hydrogen) atoms. The first kappa shape index (κ1) is 31.6. The van der Waals surface area contributed by atoms with E-state index >= 15 is 0 Å². The first-order valence-corrected chi connectivity index (χ1v) is 12.0. The highest BCUT2D eigenvalue weighted by Crippen LogP contribution is 2.26. The van der Waals surface area contributed by atoms with Crippen LogP contribution in [0.5, 0.6) is 0 Å². The minimum absolute atomic E-state index is 0.258. The van der Waals surface area contributed by atoms with Gasteiger partial charge in [0.2, 0.25) is 5.91 Å². The molecular weight excluding hydrogens is 392 g/mol. The molecule has 0 atom stereocenters. The lowest BCUT2D eigenvalue weighted by molar-refractivity contribution is -0.127. The second kappa shape index (κ2) is 21.7. The zero-order chi connectivity index (χ0) is 24.8. The number of carbonyl (C=O) groups excluding carboxylic acids is 1. The standard InChI is InChI=1S/C17H27NO.C10H15N.C2H6/c1-4-9-15(5-2)14(3)10-6-7-13-18-17(19)16-11-8-12-16;1-5-7-8-10(6-2)11-9(3)4;1-2/h4-5,9,16H,3,6-8,10-13H2,1-2H3,(H,18,19);5-8,11H,2-3H2,1,4H3;1-2H3/b9-4-,15-5-;7-5-,10-8+;. The molecule has 3 nitrogen and oxygen atoms in total. The van der Waals surface area contributed by atoms with Gasteiger partial charge in [0.1, 0.15) is 0 Å². The smallest absolute Gasteiger partial charge is 0.223 e. The Morgan fingerprint density at radius 1 is 1.06 bits per heavy atom. The third-order valence-electron chi connectivity index (χ3n) is 4.79. The van der Waals surface area contributed by atoms with Gasteiger partial charge in [-0.05, 0) is 83.1 Å². The van der Waals surface area contributed by atoms with Crippen LogP contribution in [0.2, 0.25) is 0 Å². The van der Waals surface area contributed by atoms with Gasteiger partial charge < -0.3 is 10.6 Å². The van der Waals surface area contributed by atoms with Crippen molar-refractivity contribution >= 4 is 5.91 Å². The highest BCUT2D eigenvalue weighted by atomic mass is 16.1. The predicted molar refractivity (Wildman–Crippen MR) is 144 cm³/mol. The number of allylic oxidation sites excluding steroid dienone is 10. The molecule has 1 aliphatic rings. The Labute approximate surface area is 198 Å². The molecule has 0 aromatic heterocycles. The summed E-state index contributed by atoms with van der Waals surface area (Å²) in [7, 11) is 0. The van der Waals surface area contributed by atoms with Crippen LogP contribution in [0.15, 0.2) is 84.8 Å². The SMILES string of the molecule is C=C(CCCCNC(=O)C1CCC1)C(/C=C\C)=C\C.C=C/C(=C\C=C/C)NC(=C)C.CC. The first-order valence-electron chi connectivity index (χ1n) is 12.0. The Hall–Kier alpha value is -2.55. The minimum atomic E-state index is 0.258. The first-order chi connectivity index (χ1) is 15.4. The molecule has 0 heterocycles. The third-order valence-corrected chi connectivity index (χ3v) is 4.79. The fourth-order valence-electron chi connectivity index (χ4n) is 2.84. The number of hydrogen-bond donors (Lipinski definition) is 2.